The van der Waals surface area contributed by atoms with Crippen LogP contribution in [-0.2, 0) is 4.79 Å². The van der Waals surface area contributed by atoms with Gasteiger partial charge >= 0.3 is 0 Å². The molecular weight excluding hydrogens is 134 g/mol. The molecule has 0 saturated carbocycles. The molecule has 1 amide bonds. The molecule has 0 unspecified atom stereocenters. The Bertz CT molecular complexity index is 123. The van der Waals surface area contributed by atoms with Gasteiger partial charge in [-0.1, -0.05) is 0 Å². The van der Waals surface area contributed by atoms with Crippen LogP contribution >= 0.6 is 0 Å². The summed E-state index contributed by atoms with van der Waals surface area (Å²) in [7, 11) is 0. The fourth-order valence-corrected chi connectivity index (χ4v) is 0.914. The average Bonchev–Trinajstić information content (AvgIpc) is 2.04. The monoisotopic (exact) mass is 145 g/mol. The van der Waals surface area contributed by atoms with Gasteiger partial charge in [0.1, 0.15) is 0 Å². The highest BCUT2D eigenvalue weighted by atomic mass is 16.3. The molecule has 0 aliphatic carbocycles. The standard InChI is InChI=1S/C6H11NO3/c8-4-1-2-6(10)7-3-5(4)9/h4-5,8-9H,1-3H2,(H,7,10)/t4-,5+/m0/s1. The molecule has 10 heavy (non-hydrogen) atoms. The summed E-state index contributed by atoms with van der Waals surface area (Å²) in [6, 6.07) is 0. The average molecular weight is 145 g/mol. The number of carbonyl (C=O) groups excluding carboxylic acids is 1. The summed E-state index contributed by atoms with van der Waals surface area (Å²) < 4.78 is 0. The van der Waals surface area contributed by atoms with Crippen LogP contribution in [0.4, 0.5) is 0 Å². The minimum Gasteiger partial charge on any atom is -0.390 e. The molecule has 4 nitrogen and oxygen atoms in total. The van der Waals surface area contributed by atoms with E-state index in [0.717, 1.165) is 0 Å². The number of carbonyl (C=O) groups is 1. The van der Waals surface area contributed by atoms with Crippen LogP contribution in [0.1, 0.15) is 12.8 Å². The summed E-state index contributed by atoms with van der Waals surface area (Å²) in [6.07, 6.45) is -0.893. The highest BCUT2D eigenvalue weighted by Gasteiger charge is 2.21. The predicted octanol–water partition coefficient (Wildman–Crippen LogP) is -1.38. The van der Waals surface area contributed by atoms with Gasteiger partial charge in [0.2, 0.25) is 5.91 Å². The summed E-state index contributed by atoms with van der Waals surface area (Å²) >= 11 is 0. The van der Waals surface area contributed by atoms with Crippen molar-refractivity contribution in [1.82, 2.24) is 5.32 Å². The van der Waals surface area contributed by atoms with E-state index in [1.165, 1.54) is 0 Å². The van der Waals surface area contributed by atoms with Crippen LogP contribution in [0.5, 0.6) is 0 Å². The van der Waals surface area contributed by atoms with Gasteiger partial charge in [-0.3, -0.25) is 4.79 Å². The molecule has 1 fully saturated rings. The lowest BCUT2D eigenvalue weighted by molar-refractivity contribution is -0.121. The molecular formula is C6H11NO3. The molecule has 1 aliphatic heterocycles. The van der Waals surface area contributed by atoms with Crippen molar-refractivity contribution in [3.8, 4) is 0 Å². The summed E-state index contributed by atoms with van der Waals surface area (Å²) in [6.45, 7) is 0.167. The van der Waals surface area contributed by atoms with Crippen LogP contribution in [0.15, 0.2) is 0 Å². The van der Waals surface area contributed by atoms with Crippen molar-refractivity contribution in [2.24, 2.45) is 0 Å². The van der Waals surface area contributed by atoms with E-state index in [0.29, 0.717) is 12.8 Å². The fourth-order valence-electron chi connectivity index (χ4n) is 0.914. The van der Waals surface area contributed by atoms with Crippen molar-refractivity contribution >= 4 is 5.91 Å². The normalized spacial score (nSPS) is 34.8. The lowest BCUT2D eigenvalue weighted by Gasteiger charge is -2.11. The van der Waals surface area contributed by atoms with Crippen LogP contribution in [0.2, 0.25) is 0 Å². The van der Waals surface area contributed by atoms with Crippen molar-refractivity contribution in [1.29, 1.82) is 0 Å². The smallest absolute Gasteiger partial charge is 0.220 e. The minimum atomic E-state index is -0.800. The van der Waals surface area contributed by atoms with Gasteiger partial charge in [-0.05, 0) is 6.42 Å². The molecule has 2 atom stereocenters. The van der Waals surface area contributed by atoms with Crippen LogP contribution in [0.3, 0.4) is 0 Å². The van der Waals surface area contributed by atoms with Crippen LogP contribution in [0.25, 0.3) is 0 Å². The Hall–Kier alpha value is -0.610. The summed E-state index contributed by atoms with van der Waals surface area (Å²) in [4.78, 5) is 10.6. The van der Waals surface area contributed by atoms with E-state index in [2.05, 4.69) is 5.32 Å². The maximum atomic E-state index is 10.6. The van der Waals surface area contributed by atoms with Crippen LogP contribution < -0.4 is 5.32 Å². The Balaban J connectivity index is 2.46. The summed E-state index contributed by atoms with van der Waals surface area (Å²) in [5.41, 5.74) is 0. The SMILES string of the molecule is O=C1CC[C@H](O)[C@H](O)CN1. The second kappa shape index (κ2) is 2.98. The number of aliphatic hydroxyl groups excluding tert-OH is 2. The quantitative estimate of drug-likeness (QED) is 0.393. The molecule has 4 heteroatoms. The number of hydrogen-bond donors (Lipinski definition) is 3. The lowest BCUT2D eigenvalue weighted by Crippen LogP contribution is -2.34. The molecule has 0 aromatic carbocycles. The summed E-state index contributed by atoms with van der Waals surface area (Å²) in [5, 5.41) is 20.5. The van der Waals surface area contributed by atoms with Crippen molar-refractivity contribution in [3.63, 3.8) is 0 Å². The number of aliphatic hydroxyl groups is 2. The molecule has 0 radical (unpaired) electrons. The minimum absolute atomic E-state index is 0.101. The van der Waals surface area contributed by atoms with Gasteiger partial charge in [0.05, 0.1) is 12.2 Å². The molecule has 1 heterocycles. The molecule has 1 saturated heterocycles. The molecule has 0 spiro atoms. The van der Waals surface area contributed by atoms with Crippen molar-refractivity contribution < 1.29 is 15.0 Å². The van der Waals surface area contributed by atoms with E-state index < -0.39 is 12.2 Å². The van der Waals surface area contributed by atoms with Crippen LogP contribution in [0, 0.1) is 0 Å². The Morgan fingerprint density at radius 2 is 2.10 bits per heavy atom. The molecule has 58 valence electrons. The summed E-state index contributed by atoms with van der Waals surface area (Å²) in [5.74, 6) is -0.101. The van der Waals surface area contributed by atoms with E-state index in [-0.39, 0.29) is 12.5 Å². The highest BCUT2D eigenvalue weighted by Crippen LogP contribution is 2.05. The molecule has 1 rings (SSSR count). The number of rotatable bonds is 0. The third kappa shape index (κ3) is 1.68. The van der Waals surface area contributed by atoms with E-state index in [9.17, 15) is 4.79 Å². The third-order valence-corrected chi connectivity index (χ3v) is 1.62. The Kier molecular flexibility index (Phi) is 2.24. The number of β-amino-alcohol motifs (C(OH)–C–C–N with tert-alkyl or cyclic N) is 1. The van der Waals surface area contributed by atoms with E-state index in [1.807, 2.05) is 0 Å². The van der Waals surface area contributed by atoms with Gasteiger partial charge < -0.3 is 15.5 Å². The zero-order valence-corrected chi connectivity index (χ0v) is 5.58. The van der Waals surface area contributed by atoms with E-state index in [1.54, 1.807) is 0 Å². The Morgan fingerprint density at radius 3 is 2.80 bits per heavy atom. The maximum absolute atomic E-state index is 10.6. The van der Waals surface area contributed by atoms with Crippen LogP contribution in [-0.4, -0.2) is 34.9 Å². The third-order valence-electron chi connectivity index (χ3n) is 1.62. The van der Waals surface area contributed by atoms with E-state index >= 15 is 0 Å². The molecule has 3 N–H and O–H groups in total. The predicted molar refractivity (Wildman–Crippen MR) is 34.3 cm³/mol. The topological polar surface area (TPSA) is 69.6 Å². The van der Waals surface area contributed by atoms with Gasteiger partial charge in [-0.25, -0.2) is 0 Å². The molecule has 0 aromatic rings. The Morgan fingerprint density at radius 1 is 1.40 bits per heavy atom. The zero-order chi connectivity index (χ0) is 7.56. The Labute approximate surface area is 58.9 Å². The zero-order valence-electron chi connectivity index (χ0n) is 5.58. The number of amides is 1. The highest BCUT2D eigenvalue weighted by molar-refractivity contribution is 5.76. The first kappa shape index (κ1) is 7.50. The second-order valence-electron chi connectivity index (χ2n) is 2.48. The van der Waals surface area contributed by atoms with Gasteiger partial charge in [-0.15, -0.1) is 0 Å². The molecule has 1 aliphatic rings. The van der Waals surface area contributed by atoms with E-state index in [4.69, 9.17) is 10.2 Å². The molecule has 0 bridgehead atoms. The first-order valence-corrected chi connectivity index (χ1v) is 3.33. The van der Waals surface area contributed by atoms with Crippen molar-refractivity contribution in [2.45, 2.75) is 25.0 Å². The molecule has 0 aromatic heterocycles. The largest absolute Gasteiger partial charge is 0.390 e. The number of hydrogen-bond acceptors (Lipinski definition) is 3. The maximum Gasteiger partial charge on any atom is 0.220 e. The first-order valence-electron chi connectivity index (χ1n) is 3.33. The van der Waals surface area contributed by atoms with Gasteiger partial charge in [0.15, 0.2) is 0 Å². The van der Waals surface area contributed by atoms with Crippen molar-refractivity contribution in [3.05, 3.63) is 0 Å². The van der Waals surface area contributed by atoms with Gasteiger partial charge in [-0.2, -0.15) is 0 Å². The fraction of sp³-hybridized carbons (Fsp3) is 0.833. The van der Waals surface area contributed by atoms with Gasteiger partial charge in [0, 0.05) is 13.0 Å². The second-order valence-corrected chi connectivity index (χ2v) is 2.48. The first-order chi connectivity index (χ1) is 4.70. The van der Waals surface area contributed by atoms with Gasteiger partial charge in [0.25, 0.3) is 0 Å². The number of nitrogens with one attached hydrogen (secondary N) is 1. The lowest BCUT2D eigenvalue weighted by atomic mass is 10.1. The van der Waals surface area contributed by atoms with Crippen molar-refractivity contribution in [2.75, 3.05) is 6.54 Å².